The van der Waals surface area contributed by atoms with E-state index in [9.17, 15) is 8.78 Å². The van der Waals surface area contributed by atoms with E-state index in [1.54, 1.807) is 31.2 Å². The molecule has 2 aromatic rings. The molecule has 0 saturated heterocycles. The van der Waals surface area contributed by atoms with E-state index in [0.29, 0.717) is 16.9 Å². The first-order valence-electron chi connectivity index (χ1n) is 5.88. The Morgan fingerprint density at radius 3 is 2.47 bits per heavy atom. The van der Waals surface area contributed by atoms with Crippen molar-refractivity contribution < 1.29 is 13.5 Å². The summed E-state index contributed by atoms with van der Waals surface area (Å²) < 4.78 is 32.6. The first-order valence-corrected chi connectivity index (χ1v) is 5.88. The molecule has 0 bridgehead atoms. The maximum Gasteiger partial charge on any atom is 0.132 e. The van der Waals surface area contributed by atoms with Gasteiger partial charge in [0, 0.05) is 0 Å². The highest BCUT2D eigenvalue weighted by Gasteiger charge is 2.19. The second-order valence-corrected chi connectivity index (χ2v) is 4.34. The number of aryl methyl sites for hydroxylation is 1. The van der Waals surface area contributed by atoms with Crippen molar-refractivity contribution in [1.82, 2.24) is 0 Å². The molecule has 2 aromatic carbocycles. The topological polar surface area (TPSA) is 35.2 Å². The fourth-order valence-corrected chi connectivity index (χ4v) is 1.97. The Hall–Kier alpha value is -1.94. The van der Waals surface area contributed by atoms with E-state index in [1.807, 2.05) is 0 Å². The van der Waals surface area contributed by atoms with Gasteiger partial charge in [-0.1, -0.05) is 18.2 Å². The van der Waals surface area contributed by atoms with Crippen molar-refractivity contribution in [3.8, 4) is 5.75 Å². The molecule has 4 heteroatoms. The zero-order chi connectivity index (χ0) is 14.0. The number of rotatable bonds is 3. The van der Waals surface area contributed by atoms with Gasteiger partial charge < -0.3 is 10.5 Å². The lowest BCUT2D eigenvalue weighted by atomic mass is 9.97. The minimum atomic E-state index is -0.772. The van der Waals surface area contributed by atoms with E-state index < -0.39 is 11.9 Å². The molecule has 2 N–H and O–H groups in total. The van der Waals surface area contributed by atoms with Crippen LogP contribution < -0.4 is 10.5 Å². The predicted octanol–water partition coefficient (Wildman–Crippen LogP) is 3.33. The van der Waals surface area contributed by atoms with Gasteiger partial charge in [-0.2, -0.15) is 0 Å². The van der Waals surface area contributed by atoms with E-state index in [4.69, 9.17) is 10.5 Å². The van der Waals surface area contributed by atoms with Gasteiger partial charge in [0.25, 0.3) is 0 Å². The molecule has 0 aliphatic rings. The van der Waals surface area contributed by atoms with Crippen molar-refractivity contribution in [1.29, 1.82) is 0 Å². The molecule has 1 atom stereocenters. The van der Waals surface area contributed by atoms with Gasteiger partial charge in [-0.05, 0) is 36.2 Å². The number of methoxy groups -OCH3 is 1. The summed E-state index contributed by atoms with van der Waals surface area (Å²) in [5.74, 6) is -0.468. The molecule has 2 rings (SSSR count). The van der Waals surface area contributed by atoms with E-state index in [2.05, 4.69) is 0 Å². The third-order valence-corrected chi connectivity index (χ3v) is 3.10. The molecule has 1 unspecified atom stereocenters. The Morgan fingerprint density at radius 2 is 1.84 bits per heavy atom. The molecule has 2 nitrogen and oxygen atoms in total. The van der Waals surface area contributed by atoms with Crippen LogP contribution in [-0.2, 0) is 0 Å². The van der Waals surface area contributed by atoms with Crippen LogP contribution in [0.1, 0.15) is 22.7 Å². The van der Waals surface area contributed by atoms with Crippen LogP contribution in [0.15, 0.2) is 36.4 Å². The monoisotopic (exact) mass is 263 g/mol. The first kappa shape index (κ1) is 13.5. The Balaban J connectivity index is 2.49. The van der Waals surface area contributed by atoms with Gasteiger partial charge in [-0.15, -0.1) is 0 Å². The minimum Gasteiger partial charge on any atom is -0.496 e. The molecule has 0 saturated carbocycles. The Labute approximate surface area is 110 Å². The second-order valence-electron chi connectivity index (χ2n) is 4.34. The Morgan fingerprint density at radius 1 is 1.11 bits per heavy atom. The van der Waals surface area contributed by atoms with Crippen molar-refractivity contribution in [3.63, 3.8) is 0 Å². The largest absolute Gasteiger partial charge is 0.496 e. The SMILES string of the molecule is COc1cccc(F)c1C(N)c1ccc(C)c(F)c1. The number of nitrogens with two attached hydrogens (primary N) is 1. The number of benzene rings is 2. The van der Waals surface area contributed by atoms with Gasteiger partial charge in [0.1, 0.15) is 17.4 Å². The standard InChI is InChI=1S/C15H15F2NO/c1-9-6-7-10(8-12(9)17)15(18)14-11(16)4-3-5-13(14)19-2/h3-8,15H,18H2,1-2H3. The molecule has 0 aliphatic heterocycles. The van der Waals surface area contributed by atoms with Crippen LogP contribution in [0.5, 0.6) is 5.75 Å². The van der Waals surface area contributed by atoms with Crippen LogP contribution in [-0.4, -0.2) is 7.11 Å². The van der Waals surface area contributed by atoms with Gasteiger partial charge in [-0.25, -0.2) is 8.78 Å². The van der Waals surface area contributed by atoms with Gasteiger partial charge in [0.2, 0.25) is 0 Å². The summed E-state index contributed by atoms with van der Waals surface area (Å²) >= 11 is 0. The third-order valence-electron chi connectivity index (χ3n) is 3.10. The third kappa shape index (κ3) is 2.58. The maximum absolute atomic E-state index is 13.9. The number of ether oxygens (including phenoxy) is 1. The average molecular weight is 263 g/mol. The summed E-state index contributed by atoms with van der Waals surface area (Å²) in [4.78, 5) is 0. The van der Waals surface area contributed by atoms with Gasteiger partial charge in [0.05, 0.1) is 18.7 Å². The number of hydrogen-bond acceptors (Lipinski definition) is 2. The molecule has 0 fully saturated rings. The van der Waals surface area contributed by atoms with Crippen LogP contribution in [0.3, 0.4) is 0 Å². The van der Waals surface area contributed by atoms with Crippen LogP contribution in [0.2, 0.25) is 0 Å². The minimum absolute atomic E-state index is 0.230. The van der Waals surface area contributed by atoms with Crippen LogP contribution in [0, 0.1) is 18.6 Å². The Bertz CT molecular complexity index is 599. The zero-order valence-electron chi connectivity index (χ0n) is 10.8. The normalized spacial score (nSPS) is 12.3. The summed E-state index contributed by atoms with van der Waals surface area (Å²) in [6, 6.07) is 8.34. The molecular weight excluding hydrogens is 248 g/mol. The van der Waals surface area contributed by atoms with E-state index >= 15 is 0 Å². The van der Waals surface area contributed by atoms with Gasteiger partial charge >= 0.3 is 0 Å². The summed E-state index contributed by atoms with van der Waals surface area (Å²) in [5.41, 5.74) is 7.29. The molecule has 0 heterocycles. The fraction of sp³-hybridized carbons (Fsp3) is 0.200. The maximum atomic E-state index is 13.9. The second kappa shape index (κ2) is 5.36. The zero-order valence-corrected chi connectivity index (χ0v) is 10.8. The van der Waals surface area contributed by atoms with Crippen molar-refractivity contribution in [2.75, 3.05) is 7.11 Å². The summed E-state index contributed by atoms with van der Waals surface area (Å²) in [6.07, 6.45) is 0. The Kier molecular flexibility index (Phi) is 3.81. The highest BCUT2D eigenvalue weighted by atomic mass is 19.1. The lowest BCUT2D eigenvalue weighted by molar-refractivity contribution is 0.402. The highest BCUT2D eigenvalue weighted by Crippen LogP contribution is 2.31. The molecule has 0 aliphatic carbocycles. The summed E-state index contributed by atoms with van der Waals surface area (Å²) in [5, 5.41) is 0. The quantitative estimate of drug-likeness (QED) is 0.921. The van der Waals surface area contributed by atoms with Crippen LogP contribution >= 0.6 is 0 Å². The van der Waals surface area contributed by atoms with Gasteiger partial charge in [0.15, 0.2) is 0 Å². The molecule has 0 amide bonds. The molecule has 0 aromatic heterocycles. The molecule has 0 radical (unpaired) electrons. The molecule has 19 heavy (non-hydrogen) atoms. The lowest BCUT2D eigenvalue weighted by Gasteiger charge is -2.17. The van der Waals surface area contributed by atoms with Gasteiger partial charge in [-0.3, -0.25) is 0 Å². The smallest absolute Gasteiger partial charge is 0.132 e. The summed E-state index contributed by atoms with van der Waals surface area (Å²) in [6.45, 7) is 1.66. The first-order chi connectivity index (χ1) is 9.04. The average Bonchev–Trinajstić information content (AvgIpc) is 2.40. The van der Waals surface area contributed by atoms with Crippen molar-refractivity contribution in [2.24, 2.45) is 5.73 Å². The predicted molar refractivity (Wildman–Crippen MR) is 70.1 cm³/mol. The molecule has 100 valence electrons. The van der Waals surface area contributed by atoms with E-state index in [1.165, 1.54) is 19.2 Å². The van der Waals surface area contributed by atoms with Crippen LogP contribution in [0.25, 0.3) is 0 Å². The van der Waals surface area contributed by atoms with E-state index in [0.717, 1.165) is 0 Å². The molecule has 0 spiro atoms. The number of hydrogen-bond donors (Lipinski definition) is 1. The lowest BCUT2D eigenvalue weighted by Crippen LogP contribution is -2.15. The molecular formula is C15H15F2NO. The fourth-order valence-electron chi connectivity index (χ4n) is 1.97. The van der Waals surface area contributed by atoms with Crippen molar-refractivity contribution >= 4 is 0 Å². The number of halogens is 2. The van der Waals surface area contributed by atoms with Crippen LogP contribution in [0.4, 0.5) is 8.78 Å². The van der Waals surface area contributed by atoms with E-state index in [-0.39, 0.29) is 11.4 Å². The van der Waals surface area contributed by atoms with Crippen molar-refractivity contribution in [3.05, 3.63) is 64.7 Å². The summed E-state index contributed by atoms with van der Waals surface area (Å²) in [7, 11) is 1.45. The van der Waals surface area contributed by atoms with Crippen molar-refractivity contribution in [2.45, 2.75) is 13.0 Å². The highest BCUT2D eigenvalue weighted by molar-refractivity contribution is 5.42.